The van der Waals surface area contributed by atoms with Crippen LogP contribution in [-0.2, 0) is 11.3 Å². The predicted octanol–water partition coefficient (Wildman–Crippen LogP) is 5.06. The van der Waals surface area contributed by atoms with Crippen molar-refractivity contribution in [1.29, 1.82) is 0 Å². The number of carbonyl (C=O) groups excluding carboxylic acids is 1. The third kappa shape index (κ3) is 6.26. The molecule has 10 heteroatoms. The fourth-order valence-corrected chi connectivity index (χ4v) is 4.88. The SMILES string of the molecule is CCN1CCN(c2c(CN(CCOC)C(=O)c3ccc(Cl)c(Cl)c3)c(C)nn2-c2cccc(F)c2)CC1. The van der Waals surface area contributed by atoms with Crippen molar-refractivity contribution >= 4 is 34.9 Å². The van der Waals surface area contributed by atoms with E-state index in [-0.39, 0.29) is 11.7 Å². The molecule has 0 saturated carbocycles. The first-order valence-electron chi connectivity index (χ1n) is 12.4. The monoisotopic (exact) mass is 547 g/mol. The molecule has 0 bridgehead atoms. The fourth-order valence-electron chi connectivity index (χ4n) is 4.58. The van der Waals surface area contributed by atoms with E-state index in [1.807, 2.05) is 13.0 Å². The van der Waals surface area contributed by atoms with E-state index in [4.69, 9.17) is 33.0 Å². The van der Waals surface area contributed by atoms with Crippen LogP contribution in [0, 0.1) is 12.7 Å². The molecule has 37 heavy (non-hydrogen) atoms. The number of likely N-dealkylation sites (N-methyl/N-ethyl adjacent to an activating group) is 1. The molecule has 3 aromatic rings. The Balaban J connectivity index is 1.74. The summed E-state index contributed by atoms with van der Waals surface area (Å²) in [7, 11) is 1.60. The van der Waals surface area contributed by atoms with Gasteiger partial charge in [0.15, 0.2) is 0 Å². The summed E-state index contributed by atoms with van der Waals surface area (Å²) >= 11 is 12.3. The number of rotatable bonds is 9. The third-order valence-corrected chi connectivity index (χ3v) is 7.44. The van der Waals surface area contributed by atoms with Crippen LogP contribution >= 0.6 is 23.2 Å². The van der Waals surface area contributed by atoms with Crippen molar-refractivity contribution in [3.8, 4) is 5.69 Å². The van der Waals surface area contributed by atoms with E-state index >= 15 is 0 Å². The first kappa shape index (κ1) is 27.4. The zero-order valence-corrected chi connectivity index (χ0v) is 22.9. The summed E-state index contributed by atoms with van der Waals surface area (Å²) in [5.41, 5.74) is 2.78. The van der Waals surface area contributed by atoms with Crippen LogP contribution < -0.4 is 4.90 Å². The average molecular weight is 548 g/mol. The second-order valence-corrected chi connectivity index (χ2v) is 9.86. The minimum atomic E-state index is -0.328. The molecule has 1 aliphatic heterocycles. The van der Waals surface area contributed by atoms with Crippen molar-refractivity contribution in [2.75, 3.05) is 57.9 Å². The summed E-state index contributed by atoms with van der Waals surface area (Å²) in [5.74, 6) is 0.365. The number of aryl methyl sites for hydroxylation is 1. The second-order valence-electron chi connectivity index (χ2n) is 9.05. The van der Waals surface area contributed by atoms with Crippen molar-refractivity contribution in [1.82, 2.24) is 19.6 Å². The van der Waals surface area contributed by atoms with Crippen molar-refractivity contribution in [3.05, 3.63) is 75.1 Å². The quantitative estimate of drug-likeness (QED) is 0.375. The van der Waals surface area contributed by atoms with Crippen LogP contribution in [0.3, 0.4) is 0 Å². The molecule has 0 aliphatic carbocycles. The van der Waals surface area contributed by atoms with Gasteiger partial charge in [-0.1, -0.05) is 36.2 Å². The van der Waals surface area contributed by atoms with Gasteiger partial charge in [-0.3, -0.25) is 4.79 Å². The van der Waals surface area contributed by atoms with Gasteiger partial charge in [0, 0.05) is 51.0 Å². The van der Waals surface area contributed by atoms with E-state index in [9.17, 15) is 9.18 Å². The lowest BCUT2D eigenvalue weighted by atomic mass is 10.1. The molecule has 2 aromatic carbocycles. The fraction of sp³-hybridized carbons (Fsp3) is 0.407. The number of anilines is 1. The largest absolute Gasteiger partial charge is 0.383 e. The van der Waals surface area contributed by atoms with E-state index < -0.39 is 0 Å². The summed E-state index contributed by atoms with van der Waals surface area (Å²) in [5, 5.41) is 5.53. The van der Waals surface area contributed by atoms with Gasteiger partial charge in [-0.2, -0.15) is 5.10 Å². The molecule has 4 rings (SSSR count). The molecular formula is C27H32Cl2FN5O2. The van der Waals surface area contributed by atoms with Gasteiger partial charge in [0.2, 0.25) is 0 Å². The number of piperazine rings is 1. The molecule has 2 heterocycles. The van der Waals surface area contributed by atoms with Crippen molar-refractivity contribution in [2.45, 2.75) is 20.4 Å². The first-order valence-corrected chi connectivity index (χ1v) is 13.1. The smallest absolute Gasteiger partial charge is 0.254 e. The highest BCUT2D eigenvalue weighted by molar-refractivity contribution is 6.42. The summed E-state index contributed by atoms with van der Waals surface area (Å²) in [6.45, 7) is 9.58. The minimum absolute atomic E-state index is 0.185. The summed E-state index contributed by atoms with van der Waals surface area (Å²) in [6, 6.07) is 11.3. The van der Waals surface area contributed by atoms with Crippen LogP contribution in [0.15, 0.2) is 42.5 Å². The van der Waals surface area contributed by atoms with E-state index in [0.29, 0.717) is 41.0 Å². The number of ether oxygens (including phenoxy) is 1. The topological polar surface area (TPSA) is 53.8 Å². The molecule has 0 unspecified atom stereocenters. The highest BCUT2D eigenvalue weighted by Crippen LogP contribution is 2.31. The summed E-state index contributed by atoms with van der Waals surface area (Å²) in [4.78, 5) is 20.0. The van der Waals surface area contributed by atoms with E-state index in [0.717, 1.165) is 49.8 Å². The number of halogens is 3. The highest BCUT2D eigenvalue weighted by atomic mass is 35.5. The van der Waals surface area contributed by atoms with Gasteiger partial charge in [-0.15, -0.1) is 0 Å². The Bertz CT molecular complexity index is 1240. The molecule has 7 nitrogen and oxygen atoms in total. The Labute approximate surface area is 227 Å². The summed E-state index contributed by atoms with van der Waals surface area (Å²) < 4.78 is 21.3. The lowest BCUT2D eigenvalue weighted by Crippen LogP contribution is -2.47. The number of hydrogen-bond acceptors (Lipinski definition) is 5. The number of aromatic nitrogens is 2. The van der Waals surface area contributed by atoms with Crippen LogP contribution in [0.5, 0.6) is 0 Å². The Morgan fingerprint density at radius 2 is 1.86 bits per heavy atom. The van der Waals surface area contributed by atoms with E-state index in [1.165, 1.54) is 12.1 Å². The van der Waals surface area contributed by atoms with Gasteiger partial charge in [0.25, 0.3) is 5.91 Å². The standard InChI is InChI=1S/C27H32Cl2FN5O2/c1-4-32-10-12-33(13-11-32)26-23(19(2)31-35(26)22-7-5-6-21(30)17-22)18-34(14-15-37-3)27(36)20-8-9-24(28)25(29)16-20/h5-9,16-17H,4,10-15,18H2,1-3H3. The van der Waals surface area contributed by atoms with Crippen LogP contribution in [0.2, 0.25) is 10.0 Å². The molecule has 1 saturated heterocycles. The number of benzene rings is 2. The predicted molar refractivity (Wildman–Crippen MR) is 146 cm³/mol. The van der Waals surface area contributed by atoms with Crippen LogP contribution in [0.4, 0.5) is 10.2 Å². The maximum atomic E-state index is 14.2. The van der Waals surface area contributed by atoms with Crippen LogP contribution in [0.25, 0.3) is 5.69 Å². The normalized spacial score (nSPS) is 14.3. The zero-order chi connectivity index (χ0) is 26.5. The molecule has 0 N–H and O–H groups in total. The number of hydrogen-bond donors (Lipinski definition) is 0. The molecule has 1 aromatic heterocycles. The maximum Gasteiger partial charge on any atom is 0.254 e. The molecule has 1 fully saturated rings. The van der Waals surface area contributed by atoms with Gasteiger partial charge >= 0.3 is 0 Å². The van der Waals surface area contributed by atoms with Crippen LogP contribution in [0.1, 0.15) is 28.5 Å². The Kier molecular flexibility index (Phi) is 9.08. The van der Waals surface area contributed by atoms with Gasteiger partial charge in [0.05, 0.1) is 34.6 Å². The van der Waals surface area contributed by atoms with Gasteiger partial charge in [-0.25, -0.2) is 9.07 Å². The molecule has 0 spiro atoms. The van der Waals surface area contributed by atoms with Gasteiger partial charge in [0.1, 0.15) is 11.6 Å². The average Bonchev–Trinajstić information content (AvgIpc) is 3.23. The molecular weight excluding hydrogens is 516 g/mol. The molecule has 0 atom stereocenters. The van der Waals surface area contributed by atoms with Gasteiger partial charge in [-0.05, 0) is 49.9 Å². The highest BCUT2D eigenvalue weighted by Gasteiger charge is 2.28. The second kappa shape index (κ2) is 12.3. The Morgan fingerprint density at radius 1 is 1.11 bits per heavy atom. The lowest BCUT2D eigenvalue weighted by molar-refractivity contribution is 0.0680. The van der Waals surface area contributed by atoms with Crippen molar-refractivity contribution < 1.29 is 13.9 Å². The molecule has 1 aliphatic rings. The summed E-state index contributed by atoms with van der Waals surface area (Å²) in [6.07, 6.45) is 0. The maximum absolute atomic E-state index is 14.2. The minimum Gasteiger partial charge on any atom is -0.383 e. The number of amides is 1. The number of carbonyl (C=O) groups is 1. The molecule has 198 valence electrons. The number of methoxy groups -OCH3 is 1. The van der Waals surface area contributed by atoms with Gasteiger partial charge < -0.3 is 19.4 Å². The Morgan fingerprint density at radius 3 is 2.51 bits per heavy atom. The Hall–Kier alpha value is -2.65. The first-order chi connectivity index (χ1) is 17.8. The van der Waals surface area contributed by atoms with Crippen LogP contribution in [-0.4, -0.2) is 78.5 Å². The van der Waals surface area contributed by atoms with E-state index in [1.54, 1.807) is 41.0 Å². The third-order valence-electron chi connectivity index (χ3n) is 6.70. The zero-order valence-electron chi connectivity index (χ0n) is 21.4. The molecule has 0 radical (unpaired) electrons. The lowest BCUT2D eigenvalue weighted by Gasteiger charge is -2.36. The molecule has 1 amide bonds. The van der Waals surface area contributed by atoms with E-state index in [2.05, 4.69) is 16.7 Å². The number of nitrogens with zero attached hydrogens (tertiary/aromatic N) is 5. The van der Waals surface area contributed by atoms with Crippen molar-refractivity contribution in [2.24, 2.45) is 0 Å². The van der Waals surface area contributed by atoms with Crippen molar-refractivity contribution in [3.63, 3.8) is 0 Å².